The highest BCUT2D eigenvalue weighted by atomic mass is 32.2. The highest BCUT2D eigenvalue weighted by Gasteiger charge is 2.18. The van der Waals surface area contributed by atoms with Crippen molar-refractivity contribution in [3.8, 4) is 0 Å². The standard InChI is InChI=1S/C9H19NO2S/c1-13-7-9(2-4-11)10-8-3-5-12-6-8/h8-11H,2-7H2,1H3. The fourth-order valence-corrected chi connectivity index (χ4v) is 2.24. The van der Waals surface area contributed by atoms with Crippen LogP contribution in [0.15, 0.2) is 0 Å². The molecule has 0 aromatic rings. The number of thioether (sulfide) groups is 1. The Hall–Kier alpha value is 0.230. The maximum absolute atomic E-state index is 8.86. The number of aliphatic hydroxyl groups excluding tert-OH is 1. The summed E-state index contributed by atoms with van der Waals surface area (Å²) in [5, 5.41) is 12.4. The van der Waals surface area contributed by atoms with E-state index in [4.69, 9.17) is 9.84 Å². The Morgan fingerprint density at radius 3 is 3.08 bits per heavy atom. The topological polar surface area (TPSA) is 41.5 Å². The first-order valence-corrected chi connectivity index (χ1v) is 6.19. The Morgan fingerprint density at radius 2 is 2.54 bits per heavy atom. The molecule has 13 heavy (non-hydrogen) atoms. The number of nitrogens with one attached hydrogen (secondary N) is 1. The molecule has 2 unspecified atom stereocenters. The van der Waals surface area contributed by atoms with Crippen LogP contribution in [0.5, 0.6) is 0 Å². The van der Waals surface area contributed by atoms with Crippen LogP contribution in [0.3, 0.4) is 0 Å². The SMILES string of the molecule is CSCC(CCO)NC1CCOC1. The minimum absolute atomic E-state index is 0.270. The summed E-state index contributed by atoms with van der Waals surface area (Å²) in [6.45, 7) is 1.98. The molecule has 2 N–H and O–H groups in total. The van der Waals surface area contributed by atoms with Crippen molar-refractivity contribution in [3.63, 3.8) is 0 Å². The van der Waals surface area contributed by atoms with Gasteiger partial charge in [-0.3, -0.25) is 0 Å². The molecule has 0 amide bonds. The number of ether oxygens (including phenoxy) is 1. The normalized spacial score (nSPS) is 24.9. The minimum atomic E-state index is 0.270. The average molecular weight is 205 g/mol. The number of rotatable bonds is 6. The zero-order valence-corrected chi connectivity index (χ0v) is 8.98. The fraction of sp³-hybridized carbons (Fsp3) is 1.00. The fourth-order valence-electron chi connectivity index (χ4n) is 1.57. The van der Waals surface area contributed by atoms with E-state index in [1.807, 2.05) is 11.8 Å². The molecule has 78 valence electrons. The van der Waals surface area contributed by atoms with Gasteiger partial charge in [-0.05, 0) is 19.1 Å². The van der Waals surface area contributed by atoms with Gasteiger partial charge in [0.25, 0.3) is 0 Å². The van der Waals surface area contributed by atoms with Crippen LogP contribution in [0.2, 0.25) is 0 Å². The Labute approximate surface area is 84.2 Å². The van der Waals surface area contributed by atoms with Crippen LogP contribution in [0, 0.1) is 0 Å². The Bertz CT molecular complexity index is 123. The second-order valence-electron chi connectivity index (χ2n) is 3.39. The van der Waals surface area contributed by atoms with Crippen LogP contribution in [-0.2, 0) is 4.74 Å². The minimum Gasteiger partial charge on any atom is -0.396 e. The molecule has 1 fully saturated rings. The van der Waals surface area contributed by atoms with E-state index in [0.717, 1.165) is 31.8 Å². The average Bonchev–Trinajstić information content (AvgIpc) is 2.58. The van der Waals surface area contributed by atoms with Crippen molar-refractivity contribution in [2.24, 2.45) is 0 Å². The van der Waals surface area contributed by atoms with E-state index >= 15 is 0 Å². The molecule has 3 nitrogen and oxygen atoms in total. The van der Waals surface area contributed by atoms with Gasteiger partial charge in [0.05, 0.1) is 6.61 Å². The molecule has 0 bridgehead atoms. The van der Waals surface area contributed by atoms with Gasteiger partial charge >= 0.3 is 0 Å². The van der Waals surface area contributed by atoms with Gasteiger partial charge < -0.3 is 15.2 Å². The molecule has 0 aromatic carbocycles. The first kappa shape index (κ1) is 11.3. The summed E-state index contributed by atoms with van der Waals surface area (Å²) < 4.78 is 5.28. The van der Waals surface area contributed by atoms with E-state index in [2.05, 4.69) is 11.6 Å². The molecule has 1 heterocycles. The van der Waals surface area contributed by atoms with E-state index in [9.17, 15) is 0 Å². The summed E-state index contributed by atoms with van der Waals surface area (Å²) in [7, 11) is 0. The molecular formula is C9H19NO2S. The Morgan fingerprint density at radius 1 is 1.69 bits per heavy atom. The van der Waals surface area contributed by atoms with Crippen LogP contribution in [0.1, 0.15) is 12.8 Å². The van der Waals surface area contributed by atoms with Crippen molar-refractivity contribution in [1.29, 1.82) is 0 Å². The van der Waals surface area contributed by atoms with Gasteiger partial charge in [-0.25, -0.2) is 0 Å². The number of hydrogen-bond donors (Lipinski definition) is 2. The number of hydrogen-bond acceptors (Lipinski definition) is 4. The molecule has 1 saturated heterocycles. The second-order valence-corrected chi connectivity index (χ2v) is 4.30. The van der Waals surface area contributed by atoms with Gasteiger partial charge in [0.1, 0.15) is 0 Å². The molecule has 0 spiro atoms. The summed E-state index contributed by atoms with van der Waals surface area (Å²) >= 11 is 1.82. The third kappa shape index (κ3) is 4.31. The smallest absolute Gasteiger partial charge is 0.0620 e. The first-order valence-electron chi connectivity index (χ1n) is 4.80. The third-order valence-electron chi connectivity index (χ3n) is 2.25. The zero-order chi connectivity index (χ0) is 9.52. The summed E-state index contributed by atoms with van der Waals surface area (Å²) in [4.78, 5) is 0. The predicted octanol–water partition coefficient (Wildman–Crippen LogP) is 0.479. The summed E-state index contributed by atoms with van der Waals surface area (Å²) in [6.07, 6.45) is 4.05. The van der Waals surface area contributed by atoms with Gasteiger partial charge in [-0.1, -0.05) is 0 Å². The van der Waals surface area contributed by atoms with Gasteiger partial charge in [0.15, 0.2) is 0 Å². The van der Waals surface area contributed by atoms with Crippen LogP contribution >= 0.6 is 11.8 Å². The highest BCUT2D eigenvalue weighted by Crippen LogP contribution is 2.08. The summed E-state index contributed by atoms with van der Waals surface area (Å²) in [6, 6.07) is 0.940. The molecule has 1 rings (SSSR count). The second kappa shape index (κ2) is 6.65. The van der Waals surface area contributed by atoms with Crippen molar-refractivity contribution in [3.05, 3.63) is 0 Å². The van der Waals surface area contributed by atoms with Gasteiger partial charge in [-0.2, -0.15) is 11.8 Å². The molecule has 0 aliphatic carbocycles. The Kier molecular flexibility index (Phi) is 5.78. The van der Waals surface area contributed by atoms with Gasteiger partial charge in [-0.15, -0.1) is 0 Å². The molecule has 1 aliphatic rings. The maximum Gasteiger partial charge on any atom is 0.0620 e. The van der Waals surface area contributed by atoms with E-state index in [1.54, 1.807) is 0 Å². The van der Waals surface area contributed by atoms with Crippen molar-refractivity contribution in [1.82, 2.24) is 5.32 Å². The lowest BCUT2D eigenvalue weighted by Crippen LogP contribution is -2.40. The van der Waals surface area contributed by atoms with Crippen molar-refractivity contribution in [2.45, 2.75) is 24.9 Å². The zero-order valence-electron chi connectivity index (χ0n) is 8.16. The van der Waals surface area contributed by atoms with E-state index in [0.29, 0.717) is 12.1 Å². The summed E-state index contributed by atoms with van der Waals surface area (Å²) in [5.41, 5.74) is 0. The monoisotopic (exact) mass is 205 g/mol. The van der Waals surface area contributed by atoms with Gasteiger partial charge in [0.2, 0.25) is 0 Å². The highest BCUT2D eigenvalue weighted by molar-refractivity contribution is 7.98. The largest absolute Gasteiger partial charge is 0.396 e. The maximum atomic E-state index is 8.86. The first-order chi connectivity index (χ1) is 6.36. The van der Waals surface area contributed by atoms with Crippen LogP contribution in [0.4, 0.5) is 0 Å². The molecule has 0 saturated carbocycles. The predicted molar refractivity (Wildman–Crippen MR) is 56.2 cm³/mol. The number of aliphatic hydroxyl groups is 1. The van der Waals surface area contributed by atoms with Gasteiger partial charge in [0, 0.05) is 31.1 Å². The van der Waals surface area contributed by atoms with Crippen LogP contribution < -0.4 is 5.32 Å². The molecule has 0 aromatic heterocycles. The van der Waals surface area contributed by atoms with E-state index < -0.39 is 0 Å². The van der Waals surface area contributed by atoms with E-state index in [-0.39, 0.29) is 6.61 Å². The van der Waals surface area contributed by atoms with Crippen molar-refractivity contribution in [2.75, 3.05) is 31.8 Å². The lowest BCUT2D eigenvalue weighted by molar-refractivity contribution is 0.186. The van der Waals surface area contributed by atoms with Crippen LogP contribution in [-0.4, -0.2) is 49.0 Å². The molecule has 4 heteroatoms. The van der Waals surface area contributed by atoms with Crippen molar-refractivity contribution < 1.29 is 9.84 Å². The molecule has 0 radical (unpaired) electrons. The lowest BCUT2D eigenvalue weighted by Gasteiger charge is -2.20. The molecular weight excluding hydrogens is 186 g/mol. The quantitative estimate of drug-likeness (QED) is 0.662. The van der Waals surface area contributed by atoms with Crippen LogP contribution in [0.25, 0.3) is 0 Å². The third-order valence-corrected chi connectivity index (χ3v) is 2.98. The lowest BCUT2D eigenvalue weighted by atomic mass is 10.2. The molecule has 1 aliphatic heterocycles. The summed E-state index contributed by atoms with van der Waals surface area (Å²) in [5.74, 6) is 1.07. The van der Waals surface area contributed by atoms with Crippen molar-refractivity contribution >= 4 is 11.8 Å². The van der Waals surface area contributed by atoms with E-state index in [1.165, 1.54) is 0 Å². The molecule has 2 atom stereocenters. The Balaban J connectivity index is 2.19.